The quantitative estimate of drug-likeness (QED) is 0.425. The molecule has 2 N–H and O–H groups in total. The third-order valence-corrected chi connectivity index (χ3v) is 10.6. The van der Waals surface area contributed by atoms with E-state index >= 15 is 0 Å². The van der Waals surface area contributed by atoms with Crippen LogP contribution in [0.4, 0.5) is 13.2 Å². The molecule has 0 unspecified atom stereocenters. The fraction of sp³-hybridized carbons (Fsp3) is 0.630. The number of nitriles is 1. The zero-order chi connectivity index (χ0) is 30.9. The first-order valence-electron chi connectivity index (χ1n) is 13.7. The lowest BCUT2D eigenvalue weighted by Gasteiger charge is -2.31. The van der Waals surface area contributed by atoms with Crippen LogP contribution < -0.4 is 15.4 Å². The van der Waals surface area contributed by atoms with Crippen molar-refractivity contribution in [2.75, 3.05) is 13.2 Å². The minimum Gasteiger partial charge on any atom is -0.484 e. The van der Waals surface area contributed by atoms with Gasteiger partial charge in [-0.15, -0.1) is 0 Å². The number of carbonyl (C=O) groups excluding carboxylic acids is 3. The number of hydrogen-bond acceptors (Lipinski definition) is 7. The Kier molecular flexibility index (Phi) is 9.32. The fourth-order valence-electron chi connectivity index (χ4n) is 5.56. The van der Waals surface area contributed by atoms with Crippen molar-refractivity contribution in [1.29, 1.82) is 5.26 Å². The lowest BCUT2D eigenvalue weighted by molar-refractivity contribution is -0.153. The second-order valence-electron chi connectivity index (χ2n) is 11.3. The van der Waals surface area contributed by atoms with Crippen molar-refractivity contribution in [1.82, 2.24) is 15.5 Å². The summed E-state index contributed by atoms with van der Waals surface area (Å²) in [5, 5.41) is 13.4. The van der Waals surface area contributed by atoms with E-state index in [1.165, 1.54) is 11.8 Å². The highest BCUT2D eigenvalue weighted by Crippen LogP contribution is 2.38. The molecule has 1 heterocycles. The highest BCUT2D eigenvalue weighted by molar-refractivity contribution is 7.92. The molecule has 2 saturated carbocycles. The van der Waals surface area contributed by atoms with Gasteiger partial charge in [0.15, 0.2) is 16.4 Å². The molecule has 15 heteroatoms. The molecule has 0 spiro atoms. The highest BCUT2D eigenvalue weighted by atomic mass is 35.5. The molecule has 3 aliphatic rings. The van der Waals surface area contributed by atoms with E-state index in [0.29, 0.717) is 38.5 Å². The number of rotatable bonds is 9. The van der Waals surface area contributed by atoms with Crippen molar-refractivity contribution < 1.29 is 40.7 Å². The Hall–Kier alpha value is -3.05. The van der Waals surface area contributed by atoms with E-state index in [1.807, 2.05) is 0 Å². The van der Waals surface area contributed by atoms with E-state index < -0.39 is 45.4 Å². The van der Waals surface area contributed by atoms with Gasteiger partial charge in [-0.2, -0.15) is 18.4 Å². The maximum Gasteiger partial charge on any atom is 0.422 e. The van der Waals surface area contributed by atoms with E-state index in [-0.39, 0.29) is 58.8 Å². The molecular weight excluding hydrogens is 601 g/mol. The predicted molar refractivity (Wildman–Crippen MR) is 144 cm³/mol. The Morgan fingerprint density at radius 3 is 2.40 bits per heavy atom. The molecule has 0 aromatic heterocycles. The molecule has 0 radical (unpaired) electrons. The van der Waals surface area contributed by atoms with Crippen molar-refractivity contribution in [3.05, 3.63) is 23.2 Å². The minimum absolute atomic E-state index is 0.00514. The molecule has 4 rings (SSSR count). The summed E-state index contributed by atoms with van der Waals surface area (Å²) in [7, 11) is -4.24. The Labute approximate surface area is 246 Å². The fourth-order valence-corrected chi connectivity index (χ4v) is 7.80. The lowest BCUT2D eigenvalue weighted by atomic mass is 9.83. The zero-order valence-electron chi connectivity index (χ0n) is 22.9. The second kappa shape index (κ2) is 12.3. The van der Waals surface area contributed by atoms with Crippen LogP contribution in [0, 0.1) is 17.2 Å². The molecule has 2 atom stereocenters. The van der Waals surface area contributed by atoms with Crippen LogP contribution in [0.25, 0.3) is 0 Å². The van der Waals surface area contributed by atoms with Gasteiger partial charge in [0.1, 0.15) is 17.3 Å². The van der Waals surface area contributed by atoms with Crippen LogP contribution in [0.15, 0.2) is 23.1 Å². The average Bonchev–Trinajstić information content (AvgIpc) is 3.52. The summed E-state index contributed by atoms with van der Waals surface area (Å²) in [6, 6.07) is 4.04. The first-order chi connectivity index (χ1) is 19.6. The Balaban J connectivity index is 1.50. The first-order valence-corrected chi connectivity index (χ1v) is 15.6. The summed E-state index contributed by atoms with van der Waals surface area (Å²) < 4.78 is 69.4. The van der Waals surface area contributed by atoms with Crippen LogP contribution in [0.5, 0.6) is 5.75 Å². The molecule has 3 fully saturated rings. The van der Waals surface area contributed by atoms with Crippen molar-refractivity contribution in [2.24, 2.45) is 5.92 Å². The van der Waals surface area contributed by atoms with Gasteiger partial charge in [-0.3, -0.25) is 14.4 Å². The molecule has 0 bridgehead atoms. The maximum atomic E-state index is 13.6. The molecule has 3 amide bonds. The smallest absolute Gasteiger partial charge is 0.422 e. The molecule has 42 heavy (non-hydrogen) atoms. The van der Waals surface area contributed by atoms with Gasteiger partial charge in [-0.25, -0.2) is 8.42 Å². The number of ether oxygens (including phenoxy) is 1. The predicted octanol–water partition coefficient (Wildman–Crippen LogP) is 3.28. The third kappa shape index (κ3) is 7.66. The summed E-state index contributed by atoms with van der Waals surface area (Å²) in [6.45, 7) is -0.423. The number of halogens is 4. The van der Waals surface area contributed by atoms with E-state index in [0.717, 1.165) is 18.2 Å². The summed E-state index contributed by atoms with van der Waals surface area (Å²) in [4.78, 5) is 39.0. The molecular formula is C27H32ClF3N4O6S. The lowest BCUT2D eigenvalue weighted by Crippen LogP contribution is -2.49. The SMILES string of the molecule is CC(=O)N[C@H]1CC[C@H](CC(=O)N2C[C@H](S(=O)(=O)c3ccc(OCC(F)(F)F)cc3Cl)C[C@H]2C(=O)NC2(C#N)CC2)CC1. The summed E-state index contributed by atoms with van der Waals surface area (Å²) in [5.41, 5.74) is -1.03. The highest BCUT2D eigenvalue weighted by Gasteiger charge is 2.50. The van der Waals surface area contributed by atoms with Crippen LogP contribution in [0.2, 0.25) is 5.02 Å². The van der Waals surface area contributed by atoms with Gasteiger partial charge >= 0.3 is 6.18 Å². The number of nitrogens with zero attached hydrogens (tertiary/aromatic N) is 2. The third-order valence-electron chi connectivity index (χ3n) is 7.98. The Morgan fingerprint density at radius 2 is 1.86 bits per heavy atom. The number of sulfone groups is 1. The van der Waals surface area contributed by atoms with E-state index in [9.17, 15) is 41.2 Å². The Morgan fingerprint density at radius 1 is 1.19 bits per heavy atom. The molecule has 2 aliphatic carbocycles. The van der Waals surface area contributed by atoms with Crippen LogP contribution in [-0.4, -0.2) is 73.2 Å². The minimum atomic E-state index is -4.60. The molecule has 1 aromatic rings. The molecule has 1 saturated heterocycles. The molecule has 1 aliphatic heterocycles. The van der Waals surface area contributed by atoms with E-state index in [1.54, 1.807) is 0 Å². The van der Waals surface area contributed by atoms with Crippen LogP contribution >= 0.6 is 11.6 Å². The van der Waals surface area contributed by atoms with Crippen LogP contribution in [0.1, 0.15) is 58.3 Å². The summed E-state index contributed by atoms with van der Waals surface area (Å²) in [6.07, 6.45) is -1.08. The molecule has 10 nitrogen and oxygen atoms in total. The molecule has 1 aromatic carbocycles. The van der Waals surface area contributed by atoms with Crippen molar-refractivity contribution >= 4 is 39.2 Å². The van der Waals surface area contributed by atoms with E-state index in [4.69, 9.17) is 11.6 Å². The van der Waals surface area contributed by atoms with Crippen molar-refractivity contribution in [3.63, 3.8) is 0 Å². The first kappa shape index (κ1) is 31.9. The number of hydrogen-bond donors (Lipinski definition) is 2. The topological polar surface area (TPSA) is 146 Å². The van der Waals surface area contributed by atoms with Gasteiger partial charge < -0.3 is 20.3 Å². The number of carbonyl (C=O) groups is 3. The summed E-state index contributed by atoms with van der Waals surface area (Å²) in [5.74, 6) is -1.40. The standard InChI is InChI=1S/C27H32ClF3N4O6S/c1-16(36)33-18-4-2-17(3-5-18)10-24(37)35-13-20(12-22(35)25(38)34-26(14-32)8-9-26)42(39,40)23-7-6-19(11-21(23)28)41-15-27(29,30)31/h6-7,11,17-18,20,22H,2-5,8-10,12-13,15H2,1H3,(H,33,36)(H,34,38)/t17-,18-,20-,22+/m1/s1. The average molecular weight is 633 g/mol. The number of alkyl halides is 3. The van der Waals surface area contributed by atoms with Gasteiger partial charge in [-0.1, -0.05) is 11.6 Å². The zero-order valence-corrected chi connectivity index (χ0v) is 24.4. The van der Waals surface area contributed by atoms with Crippen LogP contribution in [-0.2, 0) is 24.2 Å². The van der Waals surface area contributed by atoms with Gasteiger partial charge in [0.2, 0.25) is 17.7 Å². The van der Waals surface area contributed by atoms with Crippen LogP contribution in [0.3, 0.4) is 0 Å². The number of likely N-dealkylation sites (tertiary alicyclic amines) is 1. The van der Waals surface area contributed by atoms with E-state index in [2.05, 4.69) is 21.4 Å². The normalized spacial score (nSPS) is 25.3. The second-order valence-corrected chi connectivity index (χ2v) is 13.9. The number of benzene rings is 1. The van der Waals surface area contributed by atoms with Gasteiger partial charge in [0.05, 0.1) is 21.2 Å². The number of nitrogens with one attached hydrogen (secondary N) is 2. The number of amides is 3. The maximum absolute atomic E-state index is 13.6. The Bertz CT molecular complexity index is 1370. The van der Waals surface area contributed by atoms with Crippen molar-refractivity contribution in [2.45, 2.75) is 92.2 Å². The molecule has 230 valence electrons. The monoisotopic (exact) mass is 632 g/mol. The van der Waals surface area contributed by atoms with Gasteiger partial charge in [-0.05, 0) is 63.0 Å². The summed E-state index contributed by atoms with van der Waals surface area (Å²) >= 11 is 6.16. The van der Waals surface area contributed by atoms with Crippen molar-refractivity contribution in [3.8, 4) is 11.8 Å². The van der Waals surface area contributed by atoms with Gasteiger partial charge in [0.25, 0.3) is 0 Å². The largest absolute Gasteiger partial charge is 0.484 e. The van der Waals surface area contributed by atoms with Gasteiger partial charge in [0, 0.05) is 32.0 Å².